The van der Waals surface area contributed by atoms with Gasteiger partial charge in [0, 0.05) is 28.2 Å². The highest BCUT2D eigenvalue weighted by Gasteiger charge is 2.37. The van der Waals surface area contributed by atoms with Crippen molar-refractivity contribution in [1.82, 2.24) is 9.88 Å². The van der Waals surface area contributed by atoms with Crippen molar-refractivity contribution in [2.45, 2.75) is 33.4 Å². The van der Waals surface area contributed by atoms with E-state index in [0.29, 0.717) is 6.54 Å². The number of furan rings is 1. The summed E-state index contributed by atoms with van der Waals surface area (Å²) in [7, 11) is 0. The van der Waals surface area contributed by atoms with E-state index in [-0.39, 0.29) is 11.9 Å². The van der Waals surface area contributed by atoms with Gasteiger partial charge < -0.3 is 14.3 Å². The van der Waals surface area contributed by atoms with Crippen LogP contribution in [0.3, 0.4) is 0 Å². The van der Waals surface area contributed by atoms with Crippen molar-refractivity contribution in [1.29, 1.82) is 0 Å². The zero-order chi connectivity index (χ0) is 16.8. The molecule has 0 aliphatic carbocycles. The van der Waals surface area contributed by atoms with Crippen LogP contribution in [0.15, 0.2) is 58.2 Å². The van der Waals surface area contributed by atoms with Crippen LogP contribution in [0.4, 0.5) is 0 Å². The molecule has 0 spiro atoms. The zero-order valence-corrected chi connectivity index (χ0v) is 14.1. The predicted octanol–water partition coefficient (Wildman–Crippen LogP) is 4.49. The Morgan fingerprint density at radius 3 is 2.67 bits per heavy atom. The number of carbonyl (C=O) groups is 1. The van der Waals surface area contributed by atoms with Crippen molar-refractivity contribution in [2.75, 3.05) is 0 Å². The number of rotatable bonds is 3. The number of para-hydroxylation sites is 1. The topological polar surface area (TPSA) is 49.2 Å². The van der Waals surface area contributed by atoms with Gasteiger partial charge in [-0.25, -0.2) is 0 Å². The monoisotopic (exact) mass is 320 g/mol. The first kappa shape index (κ1) is 14.8. The van der Waals surface area contributed by atoms with E-state index in [9.17, 15) is 4.79 Å². The van der Waals surface area contributed by atoms with Gasteiger partial charge in [-0.2, -0.15) is 0 Å². The van der Waals surface area contributed by atoms with Crippen molar-refractivity contribution in [3.05, 3.63) is 70.8 Å². The van der Waals surface area contributed by atoms with Gasteiger partial charge in [0.05, 0.1) is 12.6 Å². The lowest BCUT2D eigenvalue weighted by atomic mass is 9.98. The van der Waals surface area contributed by atoms with Gasteiger partial charge in [-0.15, -0.1) is 0 Å². The first-order valence-electron chi connectivity index (χ1n) is 8.16. The van der Waals surface area contributed by atoms with Crippen LogP contribution in [-0.2, 0) is 11.3 Å². The average molecular weight is 320 g/mol. The Bertz CT molecular complexity index is 961. The summed E-state index contributed by atoms with van der Waals surface area (Å²) in [5.41, 5.74) is 4.16. The SMILES string of the molecule is CC1=C(C)[C@@H](c2c[nH]c3ccccc23)N(Cc2ccc(C)o2)C1=O. The van der Waals surface area contributed by atoms with Crippen LogP contribution >= 0.6 is 0 Å². The van der Waals surface area contributed by atoms with Crippen LogP contribution in [0.25, 0.3) is 10.9 Å². The molecular weight excluding hydrogens is 300 g/mol. The minimum absolute atomic E-state index is 0.0564. The molecule has 4 nitrogen and oxygen atoms in total. The molecule has 1 amide bonds. The molecule has 24 heavy (non-hydrogen) atoms. The molecule has 1 aromatic carbocycles. The Morgan fingerprint density at radius 1 is 1.12 bits per heavy atom. The molecule has 3 aromatic rings. The minimum atomic E-state index is -0.0564. The standard InChI is InChI=1S/C20H20N2O2/c1-12-8-9-15(24-12)11-22-19(13(2)14(3)20(22)23)17-10-21-18-7-5-4-6-16(17)18/h4-10,19,21H,11H2,1-3H3/t19-/m0/s1. The molecule has 0 unspecified atom stereocenters. The van der Waals surface area contributed by atoms with Gasteiger partial charge in [-0.1, -0.05) is 18.2 Å². The highest BCUT2D eigenvalue weighted by atomic mass is 16.3. The molecule has 0 radical (unpaired) electrons. The molecule has 1 atom stereocenters. The van der Waals surface area contributed by atoms with E-state index in [2.05, 4.69) is 17.1 Å². The quantitative estimate of drug-likeness (QED) is 0.773. The van der Waals surface area contributed by atoms with Crippen LogP contribution in [0.1, 0.15) is 37.0 Å². The van der Waals surface area contributed by atoms with Crippen LogP contribution in [0.5, 0.6) is 0 Å². The fourth-order valence-electron chi connectivity index (χ4n) is 3.56. The van der Waals surface area contributed by atoms with Gasteiger partial charge in [0.2, 0.25) is 0 Å². The zero-order valence-electron chi connectivity index (χ0n) is 14.1. The van der Waals surface area contributed by atoms with Gasteiger partial charge in [-0.3, -0.25) is 4.79 Å². The largest absolute Gasteiger partial charge is 0.464 e. The average Bonchev–Trinajstić information content (AvgIpc) is 3.23. The molecule has 4 rings (SSSR count). The van der Waals surface area contributed by atoms with Crippen molar-refractivity contribution in [3.63, 3.8) is 0 Å². The van der Waals surface area contributed by atoms with E-state index in [0.717, 1.165) is 39.1 Å². The molecule has 1 aliphatic heterocycles. The maximum Gasteiger partial charge on any atom is 0.250 e. The molecule has 1 aliphatic rings. The highest BCUT2D eigenvalue weighted by molar-refractivity contribution is 5.98. The molecule has 3 heterocycles. The Morgan fingerprint density at radius 2 is 1.92 bits per heavy atom. The third kappa shape index (κ3) is 2.18. The fourth-order valence-corrected chi connectivity index (χ4v) is 3.56. The van der Waals surface area contributed by atoms with Crippen LogP contribution in [0, 0.1) is 6.92 Å². The Balaban J connectivity index is 1.79. The lowest BCUT2D eigenvalue weighted by Gasteiger charge is -2.25. The van der Waals surface area contributed by atoms with Crippen molar-refractivity contribution in [3.8, 4) is 0 Å². The molecule has 1 N–H and O–H groups in total. The van der Waals surface area contributed by atoms with Crippen molar-refractivity contribution < 1.29 is 9.21 Å². The maximum atomic E-state index is 12.8. The number of aromatic amines is 1. The summed E-state index contributed by atoms with van der Waals surface area (Å²) < 4.78 is 5.70. The Kier molecular flexibility index (Phi) is 3.34. The van der Waals surface area contributed by atoms with Crippen molar-refractivity contribution in [2.24, 2.45) is 0 Å². The summed E-state index contributed by atoms with van der Waals surface area (Å²) >= 11 is 0. The van der Waals surface area contributed by atoms with E-state index in [1.807, 2.05) is 56.1 Å². The molecule has 0 fully saturated rings. The number of hydrogen-bond donors (Lipinski definition) is 1. The third-order valence-corrected chi connectivity index (χ3v) is 4.93. The summed E-state index contributed by atoms with van der Waals surface area (Å²) in [5.74, 6) is 1.76. The Hall–Kier alpha value is -2.75. The number of aryl methyl sites for hydroxylation is 1. The number of benzene rings is 1. The lowest BCUT2D eigenvalue weighted by molar-refractivity contribution is -0.128. The highest BCUT2D eigenvalue weighted by Crippen LogP contribution is 2.41. The Labute approximate surface area is 140 Å². The normalized spacial score (nSPS) is 18.2. The number of fused-ring (bicyclic) bond motifs is 1. The molecule has 0 saturated heterocycles. The van der Waals surface area contributed by atoms with Crippen LogP contribution in [-0.4, -0.2) is 15.8 Å². The van der Waals surface area contributed by atoms with Gasteiger partial charge >= 0.3 is 0 Å². The molecular formula is C20H20N2O2. The summed E-state index contributed by atoms with van der Waals surface area (Å²) in [6, 6.07) is 12.0. The summed E-state index contributed by atoms with van der Waals surface area (Å²) in [4.78, 5) is 18.0. The van der Waals surface area contributed by atoms with Crippen LogP contribution in [0.2, 0.25) is 0 Å². The van der Waals surface area contributed by atoms with E-state index in [1.165, 1.54) is 0 Å². The number of aromatic nitrogens is 1. The molecule has 2 aromatic heterocycles. The van der Waals surface area contributed by atoms with Gasteiger partial charge in [0.15, 0.2) is 0 Å². The smallest absolute Gasteiger partial charge is 0.250 e. The number of nitrogens with zero attached hydrogens (tertiary/aromatic N) is 1. The molecule has 0 saturated carbocycles. The van der Waals surface area contributed by atoms with Crippen LogP contribution < -0.4 is 0 Å². The second kappa shape index (κ2) is 5.41. The number of nitrogens with one attached hydrogen (secondary N) is 1. The number of H-pyrrole nitrogens is 1. The number of carbonyl (C=O) groups excluding carboxylic acids is 1. The molecule has 122 valence electrons. The fraction of sp³-hybridized carbons (Fsp3) is 0.250. The number of amides is 1. The summed E-state index contributed by atoms with van der Waals surface area (Å²) in [6.45, 7) is 6.35. The predicted molar refractivity (Wildman–Crippen MR) is 93.4 cm³/mol. The summed E-state index contributed by atoms with van der Waals surface area (Å²) in [6.07, 6.45) is 2.02. The van der Waals surface area contributed by atoms with Gasteiger partial charge in [-0.05, 0) is 44.5 Å². The molecule has 4 heteroatoms. The van der Waals surface area contributed by atoms with E-state index in [4.69, 9.17) is 4.42 Å². The van der Waals surface area contributed by atoms with Gasteiger partial charge in [0.25, 0.3) is 5.91 Å². The third-order valence-electron chi connectivity index (χ3n) is 4.93. The summed E-state index contributed by atoms with van der Waals surface area (Å²) in [5, 5.41) is 1.16. The van der Waals surface area contributed by atoms with E-state index in [1.54, 1.807) is 0 Å². The first-order valence-corrected chi connectivity index (χ1v) is 8.16. The second-order valence-electron chi connectivity index (χ2n) is 6.45. The molecule has 0 bridgehead atoms. The minimum Gasteiger partial charge on any atom is -0.464 e. The first-order chi connectivity index (χ1) is 11.6. The maximum absolute atomic E-state index is 12.8. The lowest BCUT2D eigenvalue weighted by Crippen LogP contribution is -2.29. The van der Waals surface area contributed by atoms with E-state index < -0.39 is 0 Å². The second-order valence-corrected chi connectivity index (χ2v) is 6.45. The number of hydrogen-bond acceptors (Lipinski definition) is 2. The van der Waals surface area contributed by atoms with E-state index >= 15 is 0 Å². The van der Waals surface area contributed by atoms with Crippen molar-refractivity contribution >= 4 is 16.8 Å². The van der Waals surface area contributed by atoms with Gasteiger partial charge in [0.1, 0.15) is 11.5 Å².